The molecule has 2 unspecified atom stereocenters. The molecule has 1 aromatic carbocycles. The van der Waals surface area contributed by atoms with E-state index >= 15 is 0 Å². The van der Waals surface area contributed by atoms with E-state index in [1.54, 1.807) is 0 Å². The minimum absolute atomic E-state index is 0.286. The van der Waals surface area contributed by atoms with Crippen molar-refractivity contribution in [3.63, 3.8) is 0 Å². The summed E-state index contributed by atoms with van der Waals surface area (Å²) in [5, 5.41) is 2.50. The number of nitrogens with zero attached hydrogens (tertiary/aromatic N) is 2. The van der Waals surface area contributed by atoms with Crippen LogP contribution in [0.15, 0.2) is 36.7 Å². The summed E-state index contributed by atoms with van der Waals surface area (Å²) in [5.41, 5.74) is 7.43. The first-order valence-corrected chi connectivity index (χ1v) is 8.06. The van der Waals surface area contributed by atoms with Gasteiger partial charge in [-0.15, -0.1) is 0 Å². The largest absolute Gasteiger partial charge is 0.329 e. The van der Waals surface area contributed by atoms with Gasteiger partial charge in [-0.3, -0.25) is 9.88 Å². The van der Waals surface area contributed by atoms with E-state index in [2.05, 4.69) is 41.1 Å². The van der Waals surface area contributed by atoms with Crippen molar-refractivity contribution >= 4 is 10.8 Å². The molecule has 3 nitrogen and oxygen atoms in total. The number of rotatable bonds is 3. The third kappa shape index (κ3) is 3.09. The Labute approximate surface area is 127 Å². The molecular formula is C18H25N3. The molecule has 3 heteroatoms. The number of pyridine rings is 1. The molecule has 3 rings (SSSR count). The minimum Gasteiger partial charge on any atom is -0.329 e. The molecule has 0 saturated carbocycles. The predicted octanol–water partition coefficient (Wildman–Crippen LogP) is 3.36. The molecule has 21 heavy (non-hydrogen) atoms. The molecular weight excluding hydrogens is 258 g/mol. The summed E-state index contributed by atoms with van der Waals surface area (Å²) < 4.78 is 0. The molecule has 1 saturated heterocycles. The lowest BCUT2D eigenvalue weighted by Gasteiger charge is -2.30. The lowest BCUT2D eigenvalue weighted by atomic mass is 10.00. The highest BCUT2D eigenvalue weighted by Gasteiger charge is 2.23. The Morgan fingerprint density at radius 1 is 1.24 bits per heavy atom. The second-order valence-electron chi connectivity index (χ2n) is 6.27. The summed E-state index contributed by atoms with van der Waals surface area (Å²) in [6.07, 6.45) is 7.83. The smallest absolute Gasteiger partial charge is 0.0491 e. The zero-order valence-corrected chi connectivity index (χ0v) is 12.8. The minimum atomic E-state index is 0.286. The monoisotopic (exact) mass is 283 g/mol. The molecule has 0 spiro atoms. The van der Waals surface area contributed by atoms with Crippen LogP contribution in [-0.4, -0.2) is 29.5 Å². The number of hydrogen-bond donors (Lipinski definition) is 1. The molecule has 2 N–H and O–H groups in total. The van der Waals surface area contributed by atoms with Crippen LogP contribution in [0.3, 0.4) is 0 Å². The summed E-state index contributed by atoms with van der Waals surface area (Å²) in [6.45, 7) is 5.31. The summed E-state index contributed by atoms with van der Waals surface area (Å²) in [6, 6.07) is 8.77. The Balaban J connectivity index is 1.94. The van der Waals surface area contributed by atoms with Crippen LogP contribution in [0.4, 0.5) is 0 Å². The van der Waals surface area contributed by atoms with Crippen molar-refractivity contribution in [2.75, 3.05) is 19.6 Å². The van der Waals surface area contributed by atoms with Crippen LogP contribution in [-0.2, 0) is 0 Å². The van der Waals surface area contributed by atoms with E-state index in [9.17, 15) is 0 Å². The van der Waals surface area contributed by atoms with Crippen LogP contribution >= 0.6 is 0 Å². The number of fused-ring (bicyclic) bond motifs is 1. The van der Waals surface area contributed by atoms with Crippen molar-refractivity contribution in [3.05, 3.63) is 42.2 Å². The molecule has 0 radical (unpaired) electrons. The van der Waals surface area contributed by atoms with E-state index in [-0.39, 0.29) is 6.04 Å². The maximum atomic E-state index is 6.14. The Bertz CT molecular complexity index is 591. The number of aromatic nitrogens is 1. The molecule has 1 fully saturated rings. The predicted molar refractivity (Wildman–Crippen MR) is 88.1 cm³/mol. The zero-order valence-electron chi connectivity index (χ0n) is 12.8. The van der Waals surface area contributed by atoms with E-state index in [4.69, 9.17) is 5.73 Å². The third-order valence-electron chi connectivity index (χ3n) is 4.77. The van der Waals surface area contributed by atoms with Crippen molar-refractivity contribution in [1.82, 2.24) is 9.88 Å². The van der Waals surface area contributed by atoms with Gasteiger partial charge in [0.25, 0.3) is 0 Å². The van der Waals surface area contributed by atoms with Gasteiger partial charge in [0.15, 0.2) is 0 Å². The molecule has 2 aromatic rings. The average Bonchev–Trinajstić information content (AvgIpc) is 2.73. The van der Waals surface area contributed by atoms with Gasteiger partial charge in [0.05, 0.1) is 0 Å². The molecule has 2 heterocycles. The van der Waals surface area contributed by atoms with Gasteiger partial charge in [0, 0.05) is 30.4 Å². The first kappa shape index (κ1) is 14.5. The number of nitrogens with two attached hydrogens (primary N) is 1. The average molecular weight is 283 g/mol. The van der Waals surface area contributed by atoms with Crippen LogP contribution in [0.1, 0.15) is 37.8 Å². The van der Waals surface area contributed by atoms with Crippen molar-refractivity contribution < 1.29 is 0 Å². The highest BCUT2D eigenvalue weighted by atomic mass is 15.2. The van der Waals surface area contributed by atoms with E-state index in [0.717, 1.165) is 19.0 Å². The van der Waals surface area contributed by atoms with Crippen LogP contribution in [0, 0.1) is 5.92 Å². The molecule has 0 bridgehead atoms. The van der Waals surface area contributed by atoms with Crippen molar-refractivity contribution in [2.45, 2.75) is 32.2 Å². The van der Waals surface area contributed by atoms with Gasteiger partial charge in [-0.1, -0.05) is 31.2 Å². The zero-order chi connectivity index (χ0) is 14.7. The number of hydrogen-bond acceptors (Lipinski definition) is 3. The molecule has 1 aliphatic heterocycles. The summed E-state index contributed by atoms with van der Waals surface area (Å²) in [5.74, 6) is 0.832. The van der Waals surface area contributed by atoms with E-state index < -0.39 is 0 Å². The number of benzene rings is 1. The molecule has 2 atom stereocenters. The topological polar surface area (TPSA) is 42.1 Å². The second-order valence-corrected chi connectivity index (χ2v) is 6.27. The number of likely N-dealkylation sites (tertiary alicyclic amines) is 1. The van der Waals surface area contributed by atoms with E-state index in [1.807, 2.05) is 12.4 Å². The van der Waals surface area contributed by atoms with Gasteiger partial charge in [-0.25, -0.2) is 0 Å². The Morgan fingerprint density at radius 3 is 2.95 bits per heavy atom. The molecule has 1 aromatic heterocycles. The SMILES string of the molecule is CC1CCCN(C(CN)c2cncc3ccccc23)CC1. The van der Waals surface area contributed by atoms with Crippen LogP contribution < -0.4 is 5.73 Å². The van der Waals surface area contributed by atoms with Gasteiger partial charge in [-0.2, -0.15) is 0 Å². The highest BCUT2D eigenvalue weighted by molar-refractivity contribution is 5.85. The third-order valence-corrected chi connectivity index (χ3v) is 4.77. The second kappa shape index (κ2) is 6.54. The van der Waals surface area contributed by atoms with Crippen LogP contribution in [0.25, 0.3) is 10.8 Å². The Kier molecular flexibility index (Phi) is 4.51. The first-order valence-electron chi connectivity index (χ1n) is 8.06. The fraction of sp³-hybridized carbons (Fsp3) is 0.500. The van der Waals surface area contributed by atoms with Crippen molar-refractivity contribution in [1.29, 1.82) is 0 Å². The molecule has 0 amide bonds. The van der Waals surface area contributed by atoms with E-state index in [1.165, 1.54) is 35.6 Å². The Hall–Kier alpha value is -1.45. The van der Waals surface area contributed by atoms with Gasteiger partial charge < -0.3 is 5.73 Å². The quantitative estimate of drug-likeness (QED) is 0.939. The van der Waals surface area contributed by atoms with E-state index in [0.29, 0.717) is 6.54 Å². The van der Waals surface area contributed by atoms with Crippen molar-refractivity contribution in [2.24, 2.45) is 11.7 Å². The van der Waals surface area contributed by atoms with Crippen molar-refractivity contribution in [3.8, 4) is 0 Å². The van der Waals surface area contributed by atoms with Gasteiger partial charge in [0.1, 0.15) is 0 Å². The maximum Gasteiger partial charge on any atom is 0.0491 e. The lowest BCUT2D eigenvalue weighted by molar-refractivity contribution is 0.208. The fourth-order valence-corrected chi connectivity index (χ4v) is 3.48. The summed E-state index contributed by atoms with van der Waals surface area (Å²) >= 11 is 0. The summed E-state index contributed by atoms with van der Waals surface area (Å²) in [7, 11) is 0. The highest BCUT2D eigenvalue weighted by Crippen LogP contribution is 2.29. The fourth-order valence-electron chi connectivity index (χ4n) is 3.48. The molecule has 112 valence electrons. The van der Waals surface area contributed by atoms with Gasteiger partial charge >= 0.3 is 0 Å². The molecule has 0 aliphatic carbocycles. The summed E-state index contributed by atoms with van der Waals surface area (Å²) in [4.78, 5) is 7.00. The van der Waals surface area contributed by atoms with Gasteiger partial charge in [0.2, 0.25) is 0 Å². The normalized spacial score (nSPS) is 22.1. The van der Waals surface area contributed by atoms with Gasteiger partial charge in [-0.05, 0) is 49.2 Å². The lowest BCUT2D eigenvalue weighted by Crippen LogP contribution is -2.34. The standard InChI is InChI=1S/C18H25N3/c1-14-5-4-9-21(10-8-14)18(11-19)17-13-20-12-15-6-2-3-7-16(15)17/h2-3,6-7,12-14,18H,4-5,8-11,19H2,1H3. The Morgan fingerprint density at radius 2 is 2.10 bits per heavy atom. The first-order chi connectivity index (χ1) is 10.3. The van der Waals surface area contributed by atoms with Crippen LogP contribution in [0.2, 0.25) is 0 Å². The van der Waals surface area contributed by atoms with Crippen LogP contribution in [0.5, 0.6) is 0 Å². The maximum absolute atomic E-state index is 6.14. The molecule has 1 aliphatic rings.